The fourth-order valence-electron chi connectivity index (χ4n) is 3.35. The van der Waals surface area contributed by atoms with Crippen LogP contribution in [0.2, 0.25) is 0 Å². The van der Waals surface area contributed by atoms with E-state index in [1.165, 1.54) is 0 Å². The molecule has 1 aromatic heterocycles. The number of nitrogens with one attached hydrogen (secondary N) is 2. The minimum atomic E-state index is -0.193. The van der Waals surface area contributed by atoms with E-state index in [1.807, 2.05) is 56.3 Å². The zero-order valence-electron chi connectivity index (χ0n) is 17.1. The van der Waals surface area contributed by atoms with Crippen molar-refractivity contribution in [3.05, 3.63) is 63.0 Å². The number of aryl methyl sites for hydroxylation is 3. The average molecular weight is 473 g/mol. The Morgan fingerprint density at radius 3 is 2.40 bits per heavy atom. The van der Waals surface area contributed by atoms with Crippen LogP contribution in [0, 0.1) is 6.92 Å². The summed E-state index contributed by atoms with van der Waals surface area (Å²) in [6.07, 6.45) is 0.344. The van der Waals surface area contributed by atoms with Gasteiger partial charge in [0, 0.05) is 42.6 Å². The van der Waals surface area contributed by atoms with E-state index in [1.54, 1.807) is 9.13 Å². The number of fused-ring (bicyclic) bond motifs is 1. The Hall–Kier alpha value is -2.87. The predicted octanol–water partition coefficient (Wildman–Crippen LogP) is 3.43. The van der Waals surface area contributed by atoms with Crippen molar-refractivity contribution in [2.24, 2.45) is 0 Å². The van der Waals surface area contributed by atoms with E-state index in [0.717, 1.165) is 26.8 Å². The molecule has 3 aromatic rings. The van der Waals surface area contributed by atoms with Crippen molar-refractivity contribution in [1.29, 1.82) is 0 Å². The number of halogens is 1. The van der Waals surface area contributed by atoms with Gasteiger partial charge in [-0.3, -0.25) is 18.7 Å². The van der Waals surface area contributed by atoms with Crippen molar-refractivity contribution in [3.8, 4) is 0 Å². The Morgan fingerprint density at radius 2 is 1.70 bits per heavy atom. The average Bonchev–Trinajstić information content (AvgIpc) is 2.99. The molecule has 2 N–H and O–H groups in total. The minimum absolute atomic E-state index is 0.115. The van der Waals surface area contributed by atoms with Crippen LogP contribution >= 0.6 is 15.9 Å². The number of imidazole rings is 1. The largest absolute Gasteiger partial charge is 0.356 e. The monoisotopic (exact) mass is 472 g/mol. The van der Waals surface area contributed by atoms with Crippen LogP contribution in [-0.4, -0.2) is 27.5 Å². The van der Waals surface area contributed by atoms with Gasteiger partial charge in [-0.1, -0.05) is 34.1 Å². The highest BCUT2D eigenvalue weighted by Gasteiger charge is 2.13. The van der Waals surface area contributed by atoms with Crippen LogP contribution in [0.3, 0.4) is 0 Å². The number of hydrogen-bond donors (Lipinski definition) is 2. The van der Waals surface area contributed by atoms with Gasteiger partial charge in [0.2, 0.25) is 11.8 Å². The number of para-hydroxylation sites is 2. The molecule has 0 fully saturated rings. The van der Waals surface area contributed by atoms with Crippen LogP contribution in [0.5, 0.6) is 0 Å². The summed E-state index contributed by atoms with van der Waals surface area (Å²) in [6.45, 7) is 4.95. The molecule has 0 aliphatic heterocycles. The first-order valence-electron chi connectivity index (χ1n) is 9.91. The highest BCUT2D eigenvalue weighted by atomic mass is 79.9. The molecule has 0 atom stereocenters. The third kappa shape index (κ3) is 4.99. The summed E-state index contributed by atoms with van der Waals surface area (Å²) in [5, 5.41) is 5.60. The second-order valence-corrected chi connectivity index (χ2v) is 7.94. The number of nitrogens with zero attached hydrogens (tertiary/aromatic N) is 2. The first-order valence-corrected chi connectivity index (χ1v) is 10.7. The second-order valence-electron chi connectivity index (χ2n) is 7.02. The van der Waals surface area contributed by atoms with Crippen LogP contribution in [0.25, 0.3) is 11.0 Å². The van der Waals surface area contributed by atoms with Gasteiger partial charge in [0.25, 0.3) is 0 Å². The van der Waals surface area contributed by atoms with E-state index in [9.17, 15) is 14.4 Å². The summed E-state index contributed by atoms with van der Waals surface area (Å²) < 4.78 is 4.21. The highest BCUT2D eigenvalue weighted by Crippen LogP contribution is 2.20. The van der Waals surface area contributed by atoms with E-state index in [4.69, 9.17) is 0 Å². The van der Waals surface area contributed by atoms with Crippen LogP contribution in [0.15, 0.2) is 51.7 Å². The molecule has 0 aliphatic carbocycles. The van der Waals surface area contributed by atoms with Crippen LogP contribution in [0.1, 0.15) is 25.3 Å². The molecular formula is C22H25BrN4O3. The Bertz CT molecular complexity index is 1130. The Labute approximate surface area is 183 Å². The number of amides is 2. The van der Waals surface area contributed by atoms with E-state index in [0.29, 0.717) is 13.1 Å². The highest BCUT2D eigenvalue weighted by molar-refractivity contribution is 9.10. The molecule has 0 radical (unpaired) electrons. The molecule has 3 rings (SSSR count). The number of carbonyl (C=O) groups is 2. The molecule has 0 aliphatic rings. The van der Waals surface area contributed by atoms with Crippen molar-refractivity contribution < 1.29 is 9.59 Å². The van der Waals surface area contributed by atoms with Crippen molar-refractivity contribution >= 4 is 44.5 Å². The normalized spacial score (nSPS) is 10.9. The van der Waals surface area contributed by atoms with Gasteiger partial charge in [0.05, 0.1) is 11.0 Å². The second kappa shape index (κ2) is 9.75. The quantitative estimate of drug-likeness (QED) is 0.526. The zero-order valence-corrected chi connectivity index (χ0v) is 18.7. The van der Waals surface area contributed by atoms with Crippen molar-refractivity contribution in [2.45, 2.75) is 39.8 Å². The number of rotatable bonds is 8. The SMILES string of the molecule is CCn1c(=O)n(CCC(=O)NCCC(=O)Nc2cc(Br)ccc2C)c2ccccc21. The molecule has 158 valence electrons. The van der Waals surface area contributed by atoms with Crippen molar-refractivity contribution in [3.63, 3.8) is 0 Å². The number of hydrogen-bond acceptors (Lipinski definition) is 3. The predicted molar refractivity (Wildman–Crippen MR) is 122 cm³/mol. The van der Waals surface area contributed by atoms with E-state index >= 15 is 0 Å². The summed E-state index contributed by atoms with van der Waals surface area (Å²) in [4.78, 5) is 36.9. The van der Waals surface area contributed by atoms with E-state index in [2.05, 4.69) is 26.6 Å². The molecule has 8 heteroatoms. The van der Waals surface area contributed by atoms with Gasteiger partial charge in [0.1, 0.15) is 0 Å². The summed E-state index contributed by atoms with van der Waals surface area (Å²) in [6, 6.07) is 13.2. The lowest BCUT2D eigenvalue weighted by Crippen LogP contribution is -2.30. The lowest BCUT2D eigenvalue weighted by Gasteiger charge is -2.10. The summed E-state index contributed by atoms with van der Waals surface area (Å²) in [5.41, 5.74) is 3.28. The summed E-state index contributed by atoms with van der Waals surface area (Å²) >= 11 is 3.39. The molecule has 30 heavy (non-hydrogen) atoms. The Balaban J connectivity index is 1.51. The fourth-order valence-corrected chi connectivity index (χ4v) is 3.71. The zero-order chi connectivity index (χ0) is 21.7. The van der Waals surface area contributed by atoms with Crippen molar-refractivity contribution in [2.75, 3.05) is 11.9 Å². The number of aromatic nitrogens is 2. The molecule has 0 spiro atoms. The van der Waals surface area contributed by atoms with Gasteiger partial charge >= 0.3 is 5.69 Å². The third-order valence-corrected chi connectivity index (χ3v) is 5.45. The maximum Gasteiger partial charge on any atom is 0.329 e. The maximum atomic E-state index is 12.6. The van der Waals surface area contributed by atoms with Gasteiger partial charge < -0.3 is 10.6 Å². The van der Waals surface area contributed by atoms with Gasteiger partial charge in [-0.2, -0.15) is 0 Å². The third-order valence-electron chi connectivity index (χ3n) is 4.95. The van der Waals surface area contributed by atoms with Gasteiger partial charge in [-0.25, -0.2) is 4.79 Å². The van der Waals surface area contributed by atoms with Gasteiger partial charge in [-0.15, -0.1) is 0 Å². The molecular weight excluding hydrogens is 448 g/mol. The standard InChI is InChI=1S/C22H25BrN4O3/c1-3-26-18-6-4-5-7-19(18)27(22(26)30)13-11-20(28)24-12-10-21(29)25-17-14-16(23)9-8-15(17)2/h4-9,14H,3,10-13H2,1-2H3,(H,24,28)(H,25,29). The minimum Gasteiger partial charge on any atom is -0.356 e. The Morgan fingerprint density at radius 1 is 1.00 bits per heavy atom. The first-order chi connectivity index (χ1) is 14.4. The molecule has 2 amide bonds. The summed E-state index contributed by atoms with van der Waals surface area (Å²) in [5.74, 6) is -0.361. The molecule has 7 nitrogen and oxygen atoms in total. The lowest BCUT2D eigenvalue weighted by molar-refractivity contribution is -0.121. The Kier molecular flexibility index (Phi) is 7.10. The topological polar surface area (TPSA) is 85.1 Å². The van der Waals surface area contributed by atoms with Crippen LogP contribution in [0.4, 0.5) is 5.69 Å². The van der Waals surface area contributed by atoms with Crippen molar-refractivity contribution in [1.82, 2.24) is 14.5 Å². The molecule has 0 unspecified atom stereocenters. The number of carbonyl (C=O) groups excluding carboxylic acids is 2. The van der Waals surface area contributed by atoms with E-state index < -0.39 is 0 Å². The van der Waals surface area contributed by atoms with E-state index in [-0.39, 0.29) is 36.9 Å². The lowest BCUT2D eigenvalue weighted by atomic mass is 10.2. The van der Waals surface area contributed by atoms with Crippen LogP contribution in [-0.2, 0) is 22.7 Å². The fraction of sp³-hybridized carbons (Fsp3) is 0.318. The molecule has 0 saturated heterocycles. The molecule has 2 aromatic carbocycles. The number of benzene rings is 2. The molecule has 0 bridgehead atoms. The number of anilines is 1. The molecule has 1 heterocycles. The molecule has 0 saturated carbocycles. The summed E-state index contributed by atoms with van der Waals surface area (Å²) in [7, 11) is 0. The van der Waals surface area contributed by atoms with Crippen LogP contribution < -0.4 is 16.3 Å². The van der Waals surface area contributed by atoms with Gasteiger partial charge in [-0.05, 0) is 43.7 Å². The smallest absolute Gasteiger partial charge is 0.329 e. The first kappa shape index (κ1) is 21.8. The van der Waals surface area contributed by atoms with Gasteiger partial charge in [0.15, 0.2) is 0 Å². The maximum absolute atomic E-state index is 12.6.